The Morgan fingerprint density at radius 1 is 1.09 bits per heavy atom. The molecule has 2 rings (SSSR count). The molecule has 6 heteroatoms. The van der Waals surface area contributed by atoms with Crippen LogP contribution in [0.2, 0.25) is 0 Å². The fourth-order valence-corrected chi connectivity index (χ4v) is 2.85. The van der Waals surface area contributed by atoms with E-state index in [1.54, 1.807) is 38.1 Å². The Balaban J connectivity index is 2.32. The normalized spacial score (nSPS) is 11.0. The van der Waals surface area contributed by atoms with Gasteiger partial charge in [0.05, 0.1) is 12.2 Å². The van der Waals surface area contributed by atoms with Crippen LogP contribution in [-0.4, -0.2) is 21.0 Å². The van der Waals surface area contributed by atoms with Crippen molar-refractivity contribution in [3.05, 3.63) is 59.7 Å². The van der Waals surface area contributed by atoms with Crippen molar-refractivity contribution in [3.8, 4) is 5.75 Å². The number of rotatable bonds is 5. The van der Waals surface area contributed by atoms with E-state index < -0.39 is 16.1 Å². The van der Waals surface area contributed by atoms with Gasteiger partial charge in [0.2, 0.25) is 0 Å². The second-order valence-corrected chi connectivity index (χ2v) is 6.10. The van der Waals surface area contributed by atoms with E-state index in [-0.39, 0.29) is 22.8 Å². The monoisotopic (exact) mass is 320 g/mol. The molecule has 0 heterocycles. The van der Waals surface area contributed by atoms with Crippen molar-refractivity contribution in [2.45, 2.75) is 18.7 Å². The number of hydrogen-bond donors (Lipinski definition) is 0. The van der Waals surface area contributed by atoms with Crippen LogP contribution >= 0.6 is 0 Å². The average molecular weight is 320 g/mol. The SMILES string of the molecule is CCOC(=O)c1cccc(S(=O)(=O)Oc2ccccc2C)c1. The van der Waals surface area contributed by atoms with Gasteiger partial charge in [-0.05, 0) is 43.7 Å². The summed E-state index contributed by atoms with van der Waals surface area (Å²) in [5.74, 6) is -0.320. The second-order valence-electron chi connectivity index (χ2n) is 4.55. The molecule has 0 saturated carbocycles. The summed E-state index contributed by atoms with van der Waals surface area (Å²) in [6.07, 6.45) is 0. The van der Waals surface area contributed by atoms with E-state index >= 15 is 0 Å². The maximum atomic E-state index is 12.3. The molecule has 0 unspecified atom stereocenters. The Morgan fingerprint density at radius 3 is 2.50 bits per heavy atom. The first-order valence-corrected chi connectivity index (χ1v) is 8.12. The minimum absolute atomic E-state index is 0.0960. The van der Waals surface area contributed by atoms with Crippen LogP contribution in [-0.2, 0) is 14.9 Å². The summed E-state index contributed by atoms with van der Waals surface area (Å²) in [7, 11) is -4.01. The quantitative estimate of drug-likeness (QED) is 0.626. The first-order chi connectivity index (χ1) is 10.4. The lowest BCUT2D eigenvalue weighted by Crippen LogP contribution is -2.12. The maximum Gasteiger partial charge on any atom is 0.339 e. The number of esters is 1. The molecule has 0 radical (unpaired) electrons. The van der Waals surface area contributed by atoms with Gasteiger partial charge < -0.3 is 8.92 Å². The van der Waals surface area contributed by atoms with E-state index in [9.17, 15) is 13.2 Å². The summed E-state index contributed by atoms with van der Waals surface area (Å²) in [6.45, 7) is 3.65. The number of carbonyl (C=O) groups is 1. The van der Waals surface area contributed by atoms with Gasteiger partial charge in [0.25, 0.3) is 0 Å². The van der Waals surface area contributed by atoms with Gasteiger partial charge in [-0.25, -0.2) is 4.79 Å². The van der Waals surface area contributed by atoms with Crippen molar-refractivity contribution >= 4 is 16.1 Å². The molecule has 0 saturated heterocycles. The van der Waals surface area contributed by atoms with Crippen molar-refractivity contribution in [1.29, 1.82) is 0 Å². The maximum absolute atomic E-state index is 12.3. The standard InChI is InChI=1S/C16H16O5S/c1-3-20-16(17)13-8-6-9-14(11-13)22(18,19)21-15-10-5-4-7-12(15)2/h4-11H,3H2,1-2H3. The van der Waals surface area contributed by atoms with Gasteiger partial charge in [-0.2, -0.15) is 8.42 Å². The van der Waals surface area contributed by atoms with Crippen molar-refractivity contribution < 1.29 is 22.1 Å². The molecule has 2 aromatic carbocycles. The Morgan fingerprint density at radius 2 is 1.82 bits per heavy atom. The van der Waals surface area contributed by atoms with Gasteiger partial charge in [0.15, 0.2) is 0 Å². The predicted octanol–water partition coefficient (Wildman–Crippen LogP) is 2.94. The van der Waals surface area contributed by atoms with Crippen LogP contribution in [0.5, 0.6) is 5.75 Å². The molecule has 0 aromatic heterocycles. The molecule has 116 valence electrons. The molecule has 0 aliphatic heterocycles. The minimum Gasteiger partial charge on any atom is -0.462 e. The van der Waals surface area contributed by atoms with Gasteiger partial charge in [-0.1, -0.05) is 24.3 Å². The fourth-order valence-electron chi connectivity index (χ4n) is 1.81. The van der Waals surface area contributed by atoms with Crippen molar-refractivity contribution in [3.63, 3.8) is 0 Å². The Kier molecular flexibility index (Phi) is 4.82. The minimum atomic E-state index is -4.01. The smallest absolute Gasteiger partial charge is 0.339 e. The largest absolute Gasteiger partial charge is 0.462 e. The highest BCUT2D eigenvalue weighted by Gasteiger charge is 2.19. The number of hydrogen-bond acceptors (Lipinski definition) is 5. The summed E-state index contributed by atoms with van der Waals surface area (Å²) in [5, 5.41) is 0. The van der Waals surface area contributed by atoms with Crippen LogP contribution < -0.4 is 4.18 Å². The first kappa shape index (κ1) is 16.0. The predicted molar refractivity (Wildman–Crippen MR) is 81.4 cm³/mol. The number of ether oxygens (including phenoxy) is 1. The summed E-state index contributed by atoms with van der Waals surface area (Å²) >= 11 is 0. The lowest BCUT2D eigenvalue weighted by molar-refractivity contribution is 0.0526. The Hall–Kier alpha value is -2.34. The third-order valence-electron chi connectivity index (χ3n) is 2.93. The fraction of sp³-hybridized carbons (Fsp3) is 0.188. The lowest BCUT2D eigenvalue weighted by atomic mass is 10.2. The molecule has 0 atom stereocenters. The molecule has 22 heavy (non-hydrogen) atoms. The molecule has 0 aliphatic carbocycles. The van der Waals surface area contributed by atoms with Gasteiger partial charge in [0, 0.05) is 0 Å². The van der Waals surface area contributed by atoms with Crippen molar-refractivity contribution in [1.82, 2.24) is 0 Å². The molecular weight excluding hydrogens is 304 g/mol. The molecular formula is C16H16O5S. The molecule has 0 N–H and O–H groups in total. The van der Waals surface area contributed by atoms with E-state index in [4.69, 9.17) is 8.92 Å². The van der Waals surface area contributed by atoms with E-state index in [0.29, 0.717) is 5.56 Å². The second kappa shape index (κ2) is 6.62. The summed E-state index contributed by atoms with van der Waals surface area (Å²) < 4.78 is 34.6. The van der Waals surface area contributed by atoms with E-state index in [1.807, 2.05) is 0 Å². The number of aryl methyl sites for hydroxylation is 1. The zero-order chi connectivity index (χ0) is 16.2. The molecule has 0 amide bonds. The molecule has 5 nitrogen and oxygen atoms in total. The lowest BCUT2D eigenvalue weighted by Gasteiger charge is -2.10. The van der Waals surface area contributed by atoms with E-state index in [2.05, 4.69) is 0 Å². The molecule has 0 fully saturated rings. The van der Waals surface area contributed by atoms with Gasteiger partial charge >= 0.3 is 16.1 Å². The number of carbonyl (C=O) groups excluding carboxylic acids is 1. The van der Waals surface area contributed by atoms with Crippen LogP contribution in [0, 0.1) is 6.92 Å². The summed E-state index contributed by atoms with van der Waals surface area (Å²) in [5.41, 5.74) is 0.865. The number of benzene rings is 2. The highest BCUT2D eigenvalue weighted by molar-refractivity contribution is 7.87. The van der Waals surface area contributed by atoms with Crippen LogP contribution in [0.4, 0.5) is 0 Å². The Bertz CT molecular complexity index is 781. The van der Waals surface area contributed by atoms with Gasteiger partial charge in [0.1, 0.15) is 10.6 Å². The summed E-state index contributed by atoms with van der Waals surface area (Å²) in [4.78, 5) is 11.6. The molecule has 0 spiro atoms. The van der Waals surface area contributed by atoms with E-state index in [1.165, 1.54) is 24.3 Å². The van der Waals surface area contributed by atoms with Crippen LogP contribution in [0.3, 0.4) is 0 Å². The van der Waals surface area contributed by atoms with Crippen LogP contribution in [0.15, 0.2) is 53.4 Å². The Labute approximate surface area is 129 Å². The van der Waals surface area contributed by atoms with Gasteiger partial charge in [-0.15, -0.1) is 0 Å². The van der Waals surface area contributed by atoms with Crippen molar-refractivity contribution in [2.75, 3.05) is 6.61 Å². The number of para-hydroxylation sites is 1. The topological polar surface area (TPSA) is 69.7 Å². The van der Waals surface area contributed by atoms with E-state index in [0.717, 1.165) is 0 Å². The average Bonchev–Trinajstić information content (AvgIpc) is 2.50. The zero-order valence-electron chi connectivity index (χ0n) is 12.3. The highest BCUT2D eigenvalue weighted by Crippen LogP contribution is 2.22. The van der Waals surface area contributed by atoms with Gasteiger partial charge in [-0.3, -0.25) is 0 Å². The molecule has 0 aliphatic rings. The van der Waals surface area contributed by atoms with Crippen LogP contribution in [0.25, 0.3) is 0 Å². The third kappa shape index (κ3) is 3.65. The summed E-state index contributed by atoms with van der Waals surface area (Å²) in [6, 6.07) is 12.4. The highest BCUT2D eigenvalue weighted by atomic mass is 32.2. The third-order valence-corrected chi connectivity index (χ3v) is 4.16. The first-order valence-electron chi connectivity index (χ1n) is 6.71. The van der Waals surface area contributed by atoms with Crippen LogP contribution in [0.1, 0.15) is 22.8 Å². The van der Waals surface area contributed by atoms with Crippen molar-refractivity contribution in [2.24, 2.45) is 0 Å². The molecule has 0 bridgehead atoms. The molecule has 2 aromatic rings. The zero-order valence-corrected chi connectivity index (χ0v) is 13.1.